The molecule has 2 heterocycles. The minimum Gasteiger partial charge on any atom is -0.345 e. The molecule has 0 amide bonds. The highest BCUT2D eigenvalue weighted by atomic mass is 35.5. The highest BCUT2D eigenvalue weighted by Gasteiger charge is 2.33. The summed E-state index contributed by atoms with van der Waals surface area (Å²) in [5, 5.41) is 10.2. The van der Waals surface area contributed by atoms with E-state index in [-0.39, 0.29) is 18.4 Å². The molecule has 0 bridgehead atoms. The molecule has 1 aromatic heterocycles. The highest BCUT2D eigenvalue weighted by molar-refractivity contribution is 7.15. The van der Waals surface area contributed by atoms with Crippen LogP contribution in [0.15, 0.2) is 0 Å². The second kappa shape index (κ2) is 5.29. The minimum atomic E-state index is 0. The molecule has 1 saturated heterocycles. The van der Waals surface area contributed by atoms with Crippen molar-refractivity contribution >= 4 is 28.9 Å². The lowest BCUT2D eigenvalue weighted by atomic mass is 9.92. The zero-order chi connectivity index (χ0) is 11.0. The summed E-state index contributed by atoms with van der Waals surface area (Å²) in [4.78, 5) is 2.26. The monoisotopic (exact) mass is 262 g/mol. The topological polar surface area (TPSA) is 55.0 Å². The number of hydrogen-bond acceptors (Lipinski definition) is 5. The van der Waals surface area contributed by atoms with Crippen molar-refractivity contribution in [3.8, 4) is 0 Å². The van der Waals surface area contributed by atoms with Crippen LogP contribution in [0.5, 0.6) is 0 Å². The molecule has 1 fully saturated rings. The lowest BCUT2D eigenvalue weighted by Gasteiger charge is -2.17. The van der Waals surface area contributed by atoms with Gasteiger partial charge in [0.05, 0.1) is 0 Å². The van der Waals surface area contributed by atoms with Gasteiger partial charge in [-0.25, -0.2) is 0 Å². The van der Waals surface area contributed by atoms with Crippen molar-refractivity contribution in [3.63, 3.8) is 0 Å². The Balaban J connectivity index is 0.00000128. The Hall–Kier alpha value is -0.390. The van der Waals surface area contributed by atoms with Gasteiger partial charge in [-0.3, -0.25) is 0 Å². The van der Waals surface area contributed by atoms with Crippen LogP contribution in [0.4, 0.5) is 5.13 Å². The molecule has 1 aliphatic heterocycles. The first-order valence-electron chi connectivity index (χ1n) is 5.38. The molecule has 2 atom stereocenters. The maximum atomic E-state index is 6.13. The molecule has 2 N–H and O–H groups in total. The van der Waals surface area contributed by atoms with Crippen LogP contribution in [0.25, 0.3) is 0 Å². The van der Waals surface area contributed by atoms with Crippen molar-refractivity contribution in [2.45, 2.75) is 26.8 Å². The average molecular weight is 263 g/mol. The summed E-state index contributed by atoms with van der Waals surface area (Å²) in [6, 6.07) is 0.272. The third-order valence-corrected chi connectivity index (χ3v) is 3.95. The predicted octanol–water partition coefficient (Wildman–Crippen LogP) is 1.69. The number of hydrogen-bond donors (Lipinski definition) is 1. The molecular weight excluding hydrogens is 244 g/mol. The van der Waals surface area contributed by atoms with Crippen LogP contribution in [0.1, 0.15) is 18.9 Å². The maximum Gasteiger partial charge on any atom is 0.208 e. The Morgan fingerprint density at radius 2 is 2.06 bits per heavy atom. The molecule has 0 radical (unpaired) electrons. The lowest BCUT2D eigenvalue weighted by molar-refractivity contribution is 0.382. The minimum absolute atomic E-state index is 0. The van der Waals surface area contributed by atoms with Gasteiger partial charge in [-0.05, 0) is 18.8 Å². The van der Waals surface area contributed by atoms with Gasteiger partial charge >= 0.3 is 0 Å². The van der Waals surface area contributed by atoms with Gasteiger partial charge in [0.2, 0.25) is 5.13 Å². The Labute approximate surface area is 107 Å². The standard InChI is InChI=1S/C10H18N4S.ClH/c1-6(2)8-4-14(5-9(8)11)10-13-12-7(3)15-10;/h6,8-9H,4-5,11H2,1-3H3;1H/t8-,9+;/m1./s1. The van der Waals surface area contributed by atoms with Gasteiger partial charge in [-0.15, -0.1) is 22.6 Å². The molecule has 0 saturated carbocycles. The van der Waals surface area contributed by atoms with E-state index in [1.54, 1.807) is 11.3 Å². The summed E-state index contributed by atoms with van der Waals surface area (Å²) >= 11 is 1.65. The Morgan fingerprint density at radius 3 is 2.50 bits per heavy atom. The molecule has 16 heavy (non-hydrogen) atoms. The number of nitrogens with two attached hydrogens (primary N) is 1. The smallest absolute Gasteiger partial charge is 0.208 e. The fourth-order valence-corrected chi connectivity index (χ4v) is 2.84. The van der Waals surface area contributed by atoms with Gasteiger partial charge in [0.25, 0.3) is 0 Å². The fraction of sp³-hybridized carbons (Fsp3) is 0.800. The molecule has 4 nitrogen and oxygen atoms in total. The van der Waals surface area contributed by atoms with Gasteiger partial charge in [0.1, 0.15) is 5.01 Å². The number of aryl methyl sites for hydroxylation is 1. The number of aromatic nitrogens is 2. The lowest BCUT2D eigenvalue weighted by Crippen LogP contribution is -2.32. The van der Waals surface area contributed by atoms with Crippen molar-refractivity contribution in [1.82, 2.24) is 10.2 Å². The molecule has 2 rings (SSSR count). The van der Waals surface area contributed by atoms with Crippen molar-refractivity contribution < 1.29 is 0 Å². The van der Waals surface area contributed by atoms with E-state index in [4.69, 9.17) is 5.73 Å². The van der Waals surface area contributed by atoms with E-state index in [1.807, 2.05) is 6.92 Å². The Kier molecular flexibility index (Phi) is 4.52. The van der Waals surface area contributed by atoms with Gasteiger partial charge in [-0.2, -0.15) is 0 Å². The summed E-state index contributed by atoms with van der Waals surface area (Å²) in [7, 11) is 0. The Bertz CT molecular complexity index is 341. The van der Waals surface area contributed by atoms with E-state index in [0.717, 1.165) is 23.2 Å². The summed E-state index contributed by atoms with van der Waals surface area (Å²) < 4.78 is 0. The quantitative estimate of drug-likeness (QED) is 0.881. The van der Waals surface area contributed by atoms with Crippen LogP contribution < -0.4 is 10.6 Å². The molecular formula is C10H19ClN4S. The summed E-state index contributed by atoms with van der Waals surface area (Å²) in [5.41, 5.74) is 6.13. The van der Waals surface area contributed by atoms with Crippen molar-refractivity contribution in [2.24, 2.45) is 17.6 Å². The molecule has 92 valence electrons. The van der Waals surface area contributed by atoms with E-state index >= 15 is 0 Å². The third-order valence-electron chi connectivity index (χ3n) is 3.05. The van der Waals surface area contributed by atoms with Crippen LogP contribution in [-0.2, 0) is 0 Å². The first-order chi connectivity index (χ1) is 7.08. The molecule has 0 aliphatic carbocycles. The van der Waals surface area contributed by atoms with Crippen LogP contribution in [-0.4, -0.2) is 29.3 Å². The summed E-state index contributed by atoms with van der Waals surface area (Å²) in [6.45, 7) is 8.39. The highest BCUT2D eigenvalue weighted by Crippen LogP contribution is 2.29. The first-order valence-corrected chi connectivity index (χ1v) is 6.20. The van der Waals surface area contributed by atoms with E-state index in [2.05, 4.69) is 28.9 Å². The zero-order valence-corrected chi connectivity index (χ0v) is 11.5. The van der Waals surface area contributed by atoms with Crippen LogP contribution in [0.3, 0.4) is 0 Å². The molecule has 6 heteroatoms. The maximum absolute atomic E-state index is 6.13. The molecule has 0 spiro atoms. The first kappa shape index (κ1) is 13.7. The molecule has 1 aliphatic rings. The van der Waals surface area contributed by atoms with Gasteiger partial charge in [-0.1, -0.05) is 25.2 Å². The largest absolute Gasteiger partial charge is 0.345 e. The van der Waals surface area contributed by atoms with E-state index < -0.39 is 0 Å². The number of anilines is 1. The summed E-state index contributed by atoms with van der Waals surface area (Å²) in [5.74, 6) is 1.22. The van der Waals surface area contributed by atoms with Gasteiger partial charge < -0.3 is 10.6 Å². The van der Waals surface area contributed by atoms with Crippen LogP contribution in [0, 0.1) is 18.8 Å². The predicted molar refractivity (Wildman–Crippen MR) is 70.4 cm³/mol. The number of rotatable bonds is 2. The van der Waals surface area contributed by atoms with E-state index in [1.165, 1.54) is 0 Å². The molecule has 1 aromatic rings. The normalized spacial score (nSPS) is 24.9. The van der Waals surface area contributed by atoms with Crippen molar-refractivity contribution in [1.29, 1.82) is 0 Å². The van der Waals surface area contributed by atoms with E-state index in [9.17, 15) is 0 Å². The van der Waals surface area contributed by atoms with Gasteiger partial charge in [0.15, 0.2) is 0 Å². The van der Waals surface area contributed by atoms with Crippen molar-refractivity contribution in [3.05, 3.63) is 5.01 Å². The van der Waals surface area contributed by atoms with Gasteiger partial charge in [0, 0.05) is 19.1 Å². The van der Waals surface area contributed by atoms with Crippen LogP contribution >= 0.6 is 23.7 Å². The van der Waals surface area contributed by atoms with Crippen LogP contribution in [0.2, 0.25) is 0 Å². The third kappa shape index (κ3) is 2.64. The Morgan fingerprint density at radius 1 is 1.38 bits per heavy atom. The second-order valence-electron chi connectivity index (χ2n) is 4.58. The fourth-order valence-electron chi connectivity index (χ4n) is 2.13. The second-order valence-corrected chi connectivity index (χ2v) is 5.74. The van der Waals surface area contributed by atoms with E-state index in [0.29, 0.717) is 11.8 Å². The molecule has 0 unspecified atom stereocenters. The number of nitrogens with zero attached hydrogens (tertiary/aromatic N) is 3. The number of halogens is 1. The summed E-state index contributed by atoms with van der Waals surface area (Å²) in [6.07, 6.45) is 0. The SMILES string of the molecule is Cc1nnc(N2C[C@H](C(C)C)[C@@H](N)C2)s1.Cl. The molecule has 0 aromatic carbocycles. The zero-order valence-electron chi connectivity index (χ0n) is 9.88. The average Bonchev–Trinajstić information content (AvgIpc) is 2.71. The van der Waals surface area contributed by atoms with Crippen molar-refractivity contribution in [2.75, 3.05) is 18.0 Å².